The van der Waals surface area contributed by atoms with E-state index in [1.165, 1.54) is 0 Å². The minimum atomic E-state index is -1.13. The Hall–Kier alpha value is -4.49. The second-order valence-corrected chi connectivity index (χ2v) is 9.49. The van der Waals surface area contributed by atoms with Crippen molar-refractivity contribution in [1.82, 2.24) is 5.32 Å². The Bertz CT molecular complexity index is 1430. The number of benzene rings is 4. The van der Waals surface area contributed by atoms with Crippen molar-refractivity contribution in [2.45, 2.75) is 18.4 Å². The van der Waals surface area contributed by atoms with Crippen LogP contribution in [-0.2, 0) is 16.0 Å². The number of ether oxygens (including phenoxy) is 1. The summed E-state index contributed by atoms with van der Waals surface area (Å²) < 4.78 is 5.53. The highest BCUT2D eigenvalue weighted by Crippen LogP contribution is 2.44. The molecule has 1 amide bonds. The van der Waals surface area contributed by atoms with Crippen LogP contribution in [0.15, 0.2) is 103 Å². The van der Waals surface area contributed by atoms with Crippen molar-refractivity contribution in [3.05, 3.63) is 125 Å². The summed E-state index contributed by atoms with van der Waals surface area (Å²) in [4.78, 5) is 25.1. The lowest BCUT2D eigenvalue weighted by Gasteiger charge is -2.18. The third-order valence-corrected chi connectivity index (χ3v) is 6.96. The molecule has 3 N–H and O–H groups in total. The van der Waals surface area contributed by atoms with Gasteiger partial charge in [0.05, 0.1) is 0 Å². The zero-order valence-corrected chi connectivity index (χ0v) is 21.3. The standard InChI is InChI=1S/C31H26N2O4S/c34-30(35)28(18-20-14-16-22(17-15-20)32-29(38)21-8-2-1-3-9-21)33-31(36)37-19-27-25-12-6-4-10-23(25)24-11-5-7-13-26(24)27/h1-17,27-28H,18-19H2,(H,32,38)(H,33,36)(H,34,35)/t28-/m0/s1. The number of carboxylic acids is 1. The number of hydrogen-bond donors (Lipinski definition) is 3. The Morgan fingerprint density at radius 2 is 1.39 bits per heavy atom. The minimum Gasteiger partial charge on any atom is -0.480 e. The molecule has 0 unspecified atom stereocenters. The molecule has 0 saturated carbocycles. The van der Waals surface area contributed by atoms with Gasteiger partial charge in [0.2, 0.25) is 0 Å². The highest BCUT2D eigenvalue weighted by Gasteiger charge is 2.29. The smallest absolute Gasteiger partial charge is 0.407 e. The molecule has 0 saturated heterocycles. The summed E-state index contributed by atoms with van der Waals surface area (Å²) >= 11 is 5.44. The van der Waals surface area contributed by atoms with Gasteiger partial charge in [0, 0.05) is 23.6 Å². The number of fused-ring (bicyclic) bond motifs is 3. The van der Waals surface area contributed by atoms with Crippen LogP contribution in [0.3, 0.4) is 0 Å². The van der Waals surface area contributed by atoms with E-state index >= 15 is 0 Å². The number of amides is 1. The highest BCUT2D eigenvalue weighted by molar-refractivity contribution is 7.81. The molecule has 4 aromatic carbocycles. The average Bonchev–Trinajstić information content (AvgIpc) is 3.26. The van der Waals surface area contributed by atoms with Gasteiger partial charge < -0.3 is 20.5 Å². The fourth-order valence-electron chi connectivity index (χ4n) is 4.74. The number of rotatable bonds is 8. The molecule has 0 heterocycles. The maximum atomic E-state index is 12.6. The van der Waals surface area contributed by atoms with Crippen molar-refractivity contribution in [3.63, 3.8) is 0 Å². The van der Waals surface area contributed by atoms with Gasteiger partial charge in [-0.05, 0) is 39.9 Å². The second kappa shape index (κ2) is 11.3. The summed E-state index contributed by atoms with van der Waals surface area (Å²) in [5, 5.41) is 15.4. The molecule has 0 bridgehead atoms. The monoisotopic (exact) mass is 522 g/mol. The van der Waals surface area contributed by atoms with Crippen molar-refractivity contribution in [1.29, 1.82) is 0 Å². The van der Waals surface area contributed by atoms with Crippen LogP contribution in [0.1, 0.15) is 28.2 Å². The lowest BCUT2D eigenvalue weighted by Crippen LogP contribution is -2.42. The van der Waals surface area contributed by atoms with Crippen LogP contribution in [0.5, 0.6) is 0 Å². The third kappa shape index (κ3) is 5.58. The number of anilines is 1. The highest BCUT2D eigenvalue weighted by atomic mass is 32.1. The van der Waals surface area contributed by atoms with Crippen molar-refractivity contribution < 1.29 is 19.4 Å². The molecule has 1 atom stereocenters. The predicted molar refractivity (Wildman–Crippen MR) is 152 cm³/mol. The average molecular weight is 523 g/mol. The Labute approximate surface area is 226 Å². The van der Waals surface area contributed by atoms with Gasteiger partial charge in [0.25, 0.3) is 0 Å². The van der Waals surface area contributed by atoms with Crippen molar-refractivity contribution in [3.8, 4) is 11.1 Å². The van der Waals surface area contributed by atoms with Gasteiger partial charge in [-0.3, -0.25) is 0 Å². The van der Waals surface area contributed by atoms with Crippen molar-refractivity contribution in [2.24, 2.45) is 0 Å². The third-order valence-electron chi connectivity index (χ3n) is 6.62. The van der Waals surface area contributed by atoms with Crippen LogP contribution >= 0.6 is 12.2 Å². The number of alkyl carbamates (subject to hydrolysis) is 1. The minimum absolute atomic E-state index is 0.0987. The maximum Gasteiger partial charge on any atom is 0.407 e. The number of aliphatic carboxylic acids is 1. The largest absolute Gasteiger partial charge is 0.480 e. The molecule has 4 aromatic rings. The molecule has 5 rings (SSSR count). The van der Waals surface area contributed by atoms with Gasteiger partial charge >= 0.3 is 12.1 Å². The Balaban J connectivity index is 1.18. The van der Waals surface area contributed by atoms with Gasteiger partial charge in [-0.25, -0.2) is 9.59 Å². The molecule has 1 aliphatic carbocycles. The molecular formula is C31H26N2O4S. The van der Waals surface area contributed by atoms with Crippen LogP contribution in [-0.4, -0.2) is 34.8 Å². The van der Waals surface area contributed by atoms with Gasteiger partial charge in [0.1, 0.15) is 17.6 Å². The van der Waals surface area contributed by atoms with Crippen molar-refractivity contribution >= 4 is 35.0 Å². The molecular weight excluding hydrogens is 496 g/mol. The molecule has 38 heavy (non-hydrogen) atoms. The molecule has 0 radical (unpaired) electrons. The Morgan fingerprint density at radius 3 is 2.00 bits per heavy atom. The molecule has 7 heteroatoms. The predicted octanol–water partition coefficient (Wildman–Crippen LogP) is 6.01. The summed E-state index contributed by atoms with van der Waals surface area (Å²) in [7, 11) is 0. The van der Waals surface area contributed by atoms with Gasteiger partial charge in [-0.1, -0.05) is 103 Å². The second-order valence-electron chi connectivity index (χ2n) is 9.08. The van der Waals surface area contributed by atoms with Crippen LogP contribution in [0.2, 0.25) is 0 Å². The summed E-state index contributed by atoms with van der Waals surface area (Å²) in [6.45, 7) is 0.119. The van der Waals surface area contributed by atoms with E-state index in [0.29, 0.717) is 4.99 Å². The topological polar surface area (TPSA) is 87.7 Å². The number of thiocarbonyl (C=S) groups is 1. The van der Waals surface area contributed by atoms with E-state index in [4.69, 9.17) is 17.0 Å². The first-order chi connectivity index (χ1) is 18.5. The summed E-state index contributed by atoms with van der Waals surface area (Å²) in [5.41, 5.74) is 6.90. The molecule has 190 valence electrons. The maximum absolute atomic E-state index is 12.6. The first-order valence-electron chi connectivity index (χ1n) is 12.3. The summed E-state index contributed by atoms with van der Waals surface area (Å²) in [6, 6.07) is 31.9. The fourth-order valence-corrected chi connectivity index (χ4v) is 4.99. The summed E-state index contributed by atoms with van der Waals surface area (Å²) in [6.07, 6.45) is -0.645. The number of nitrogens with one attached hydrogen (secondary N) is 2. The molecule has 0 fully saturated rings. The molecule has 1 aliphatic rings. The van der Waals surface area contributed by atoms with Gasteiger partial charge in [-0.15, -0.1) is 0 Å². The number of carboxylic acid groups (broad SMARTS) is 1. The lowest BCUT2D eigenvalue weighted by molar-refractivity contribution is -0.139. The van der Waals surface area contributed by atoms with E-state index in [0.717, 1.165) is 39.1 Å². The Kier molecular flexibility index (Phi) is 7.47. The van der Waals surface area contributed by atoms with E-state index in [2.05, 4.69) is 22.8 Å². The van der Waals surface area contributed by atoms with E-state index in [1.807, 2.05) is 91.0 Å². The quantitative estimate of drug-likeness (QED) is 0.246. The fraction of sp³-hybridized carbons (Fsp3) is 0.129. The van der Waals surface area contributed by atoms with E-state index in [1.54, 1.807) is 0 Å². The number of carbonyl (C=O) groups excluding carboxylic acids is 1. The van der Waals surface area contributed by atoms with Gasteiger partial charge in [-0.2, -0.15) is 0 Å². The molecule has 0 aromatic heterocycles. The summed E-state index contributed by atoms with van der Waals surface area (Å²) in [5.74, 6) is -1.23. The Morgan fingerprint density at radius 1 is 0.816 bits per heavy atom. The van der Waals surface area contributed by atoms with Crippen LogP contribution < -0.4 is 10.6 Å². The van der Waals surface area contributed by atoms with E-state index in [9.17, 15) is 14.7 Å². The van der Waals surface area contributed by atoms with Crippen LogP contribution in [0.25, 0.3) is 11.1 Å². The van der Waals surface area contributed by atoms with Crippen LogP contribution in [0.4, 0.5) is 10.5 Å². The van der Waals surface area contributed by atoms with Gasteiger partial charge in [0.15, 0.2) is 0 Å². The van der Waals surface area contributed by atoms with Crippen molar-refractivity contribution in [2.75, 3.05) is 11.9 Å². The molecule has 0 aliphatic heterocycles. The first-order valence-corrected chi connectivity index (χ1v) is 12.7. The van der Waals surface area contributed by atoms with E-state index < -0.39 is 18.1 Å². The zero-order valence-electron chi connectivity index (χ0n) is 20.5. The van der Waals surface area contributed by atoms with E-state index in [-0.39, 0.29) is 18.9 Å². The molecule has 0 spiro atoms. The first kappa shape index (κ1) is 25.2. The number of carbonyl (C=O) groups is 2. The SMILES string of the molecule is O=C(N[C@@H](Cc1ccc(NC(=S)c2ccccc2)cc1)C(=O)O)OCC1c2ccccc2-c2ccccc21. The number of hydrogen-bond acceptors (Lipinski definition) is 4. The zero-order chi connectivity index (χ0) is 26.5. The van der Waals surface area contributed by atoms with Crippen LogP contribution in [0, 0.1) is 0 Å². The molecule has 6 nitrogen and oxygen atoms in total. The lowest BCUT2D eigenvalue weighted by atomic mass is 9.98. The normalized spacial score (nSPS) is 12.6.